The van der Waals surface area contributed by atoms with E-state index in [9.17, 15) is 22.8 Å². The largest absolute Gasteiger partial charge is 0.416 e. The number of benzene rings is 1. The summed E-state index contributed by atoms with van der Waals surface area (Å²) in [6.45, 7) is 2.15. The van der Waals surface area contributed by atoms with E-state index in [0.29, 0.717) is 39.1 Å². The van der Waals surface area contributed by atoms with Gasteiger partial charge in [0.1, 0.15) is 0 Å². The second kappa shape index (κ2) is 6.57. The number of ether oxygens (including phenoxy) is 2. The summed E-state index contributed by atoms with van der Waals surface area (Å²) in [5.74, 6) is -1.57. The van der Waals surface area contributed by atoms with Gasteiger partial charge in [-0.05, 0) is 18.2 Å². The molecule has 0 aliphatic carbocycles. The maximum atomic E-state index is 12.9. The minimum absolute atomic E-state index is 0.0379. The van der Waals surface area contributed by atoms with Gasteiger partial charge in [0.25, 0.3) is 5.91 Å². The Hall–Kier alpha value is -1.97. The summed E-state index contributed by atoms with van der Waals surface area (Å²) in [6.07, 6.45) is -3.39. The monoisotopic (exact) mass is 384 g/mol. The van der Waals surface area contributed by atoms with Crippen molar-refractivity contribution < 1.29 is 32.2 Å². The summed E-state index contributed by atoms with van der Waals surface area (Å²) in [7, 11) is 0. The SMILES string of the molecule is O=C1C[C@@H](N2CCC3(CC2)OCCO3)C(=O)N1c1cccc(C(F)(F)F)c1. The summed E-state index contributed by atoms with van der Waals surface area (Å²) in [5.41, 5.74) is -0.933. The Bertz CT molecular complexity index is 751. The highest BCUT2D eigenvalue weighted by Crippen LogP contribution is 2.36. The lowest BCUT2D eigenvalue weighted by Gasteiger charge is -2.39. The minimum atomic E-state index is -4.54. The molecule has 0 N–H and O–H groups in total. The van der Waals surface area contributed by atoms with E-state index in [1.165, 1.54) is 12.1 Å². The van der Waals surface area contributed by atoms with Crippen LogP contribution < -0.4 is 4.90 Å². The van der Waals surface area contributed by atoms with Crippen molar-refractivity contribution in [3.05, 3.63) is 29.8 Å². The van der Waals surface area contributed by atoms with Gasteiger partial charge in [0, 0.05) is 25.9 Å². The molecule has 1 atom stereocenters. The number of hydrogen-bond acceptors (Lipinski definition) is 5. The number of rotatable bonds is 2. The molecule has 3 heterocycles. The van der Waals surface area contributed by atoms with Crippen LogP contribution in [0.15, 0.2) is 24.3 Å². The molecule has 27 heavy (non-hydrogen) atoms. The van der Waals surface area contributed by atoms with Crippen molar-refractivity contribution in [1.29, 1.82) is 0 Å². The molecule has 6 nitrogen and oxygen atoms in total. The van der Waals surface area contributed by atoms with Gasteiger partial charge in [-0.3, -0.25) is 14.5 Å². The van der Waals surface area contributed by atoms with Gasteiger partial charge < -0.3 is 9.47 Å². The minimum Gasteiger partial charge on any atom is -0.347 e. The molecule has 2 amide bonds. The molecule has 0 radical (unpaired) electrons. The zero-order chi connectivity index (χ0) is 19.2. The van der Waals surface area contributed by atoms with Crippen molar-refractivity contribution in [1.82, 2.24) is 4.90 Å². The molecule has 3 aliphatic heterocycles. The number of imide groups is 1. The summed E-state index contributed by atoms with van der Waals surface area (Å²) in [6, 6.07) is 3.64. The van der Waals surface area contributed by atoms with Crippen LogP contribution in [0.5, 0.6) is 0 Å². The highest BCUT2D eigenvalue weighted by Gasteiger charge is 2.47. The van der Waals surface area contributed by atoms with E-state index in [-0.39, 0.29) is 12.1 Å². The number of hydrogen-bond donors (Lipinski definition) is 0. The molecule has 1 aromatic rings. The van der Waals surface area contributed by atoms with Gasteiger partial charge in [0.05, 0.1) is 36.9 Å². The van der Waals surface area contributed by atoms with Gasteiger partial charge in [-0.15, -0.1) is 0 Å². The number of carbonyl (C=O) groups excluding carboxylic acids is 2. The predicted molar refractivity (Wildman–Crippen MR) is 87.8 cm³/mol. The van der Waals surface area contributed by atoms with E-state index in [2.05, 4.69) is 0 Å². The number of halogens is 3. The topological polar surface area (TPSA) is 59.1 Å². The number of likely N-dealkylation sites (tertiary alicyclic amines) is 1. The lowest BCUT2D eigenvalue weighted by Crippen LogP contribution is -2.51. The Morgan fingerprint density at radius 1 is 1.07 bits per heavy atom. The maximum Gasteiger partial charge on any atom is 0.416 e. The molecule has 3 fully saturated rings. The molecular weight excluding hydrogens is 365 g/mol. The van der Waals surface area contributed by atoms with Gasteiger partial charge in [-0.1, -0.05) is 6.07 Å². The molecule has 0 unspecified atom stereocenters. The Morgan fingerprint density at radius 3 is 2.37 bits per heavy atom. The number of nitrogens with zero attached hydrogens (tertiary/aromatic N) is 2. The average molecular weight is 384 g/mol. The van der Waals surface area contributed by atoms with Crippen molar-refractivity contribution in [2.75, 3.05) is 31.2 Å². The fourth-order valence-corrected chi connectivity index (χ4v) is 3.96. The lowest BCUT2D eigenvalue weighted by atomic mass is 10.0. The average Bonchev–Trinajstić information content (AvgIpc) is 3.20. The van der Waals surface area contributed by atoms with Gasteiger partial charge in [-0.2, -0.15) is 13.2 Å². The van der Waals surface area contributed by atoms with Crippen LogP contribution >= 0.6 is 0 Å². The third-order valence-corrected chi connectivity index (χ3v) is 5.37. The number of anilines is 1. The van der Waals surface area contributed by atoms with Crippen LogP contribution in [-0.4, -0.2) is 54.8 Å². The van der Waals surface area contributed by atoms with E-state index >= 15 is 0 Å². The standard InChI is InChI=1S/C18H19F3N2O4/c19-18(20,21)12-2-1-3-13(10-12)23-15(24)11-14(16(23)25)22-6-4-17(5-7-22)26-8-9-27-17/h1-3,10,14H,4-9,11H2/t14-/m1/s1. The summed E-state index contributed by atoms with van der Waals surface area (Å²) in [5, 5.41) is 0. The third kappa shape index (κ3) is 3.35. The van der Waals surface area contributed by atoms with Crippen LogP contribution in [0.25, 0.3) is 0 Å². The lowest BCUT2D eigenvalue weighted by molar-refractivity contribution is -0.188. The fraction of sp³-hybridized carbons (Fsp3) is 0.556. The van der Waals surface area contributed by atoms with E-state index in [4.69, 9.17) is 9.47 Å². The fourth-order valence-electron chi connectivity index (χ4n) is 3.96. The number of carbonyl (C=O) groups is 2. The zero-order valence-corrected chi connectivity index (χ0v) is 14.5. The molecule has 0 bridgehead atoms. The Kier molecular flexibility index (Phi) is 4.48. The number of alkyl halides is 3. The van der Waals surface area contributed by atoms with Gasteiger partial charge in [-0.25, -0.2) is 4.90 Å². The van der Waals surface area contributed by atoms with E-state index < -0.39 is 35.4 Å². The molecule has 146 valence electrons. The van der Waals surface area contributed by atoms with Crippen LogP contribution in [0.1, 0.15) is 24.8 Å². The highest BCUT2D eigenvalue weighted by atomic mass is 19.4. The van der Waals surface area contributed by atoms with Crippen molar-refractivity contribution >= 4 is 17.5 Å². The summed E-state index contributed by atoms with van der Waals surface area (Å²) < 4.78 is 50.1. The van der Waals surface area contributed by atoms with E-state index in [1.807, 2.05) is 4.90 Å². The molecule has 0 aromatic heterocycles. The smallest absolute Gasteiger partial charge is 0.347 e. The van der Waals surface area contributed by atoms with Crippen molar-refractivity contribution in [2.45, 2.75) is 37.3 Å². The normalized spacial score (nSPS) is 26.3. The predicted octanol–water partition coefficient (Wildman–Crippen LogP) is 2.18. The van der Waals surface area contributed by atoms with Crippen LogP contribution in [0.3, 0.4) is 0 Å². The van der Waals surface area contributed by atoms with Crippen molar-refractivity contribution in [2.24, 2.45) is 0 Å². The molecule has 3 saturated heterocycles. The van der Waals surface area contributed by atoms with Crippen LogP contribution in [-0.2, 0) is 25.2 Å². The second-order valence-corrected chi connectivity index (χ2v) is 6.98. The first kappa shape index (κ1) is 18.4. The van der Waals surface area contributed by atoms with Crippen LogP contribution in [0.4, 0.5) is 18.9 Å². The second-order valence-electron chi connectivity index (χ2n) is 6.98. The Labute approximate surface area is 153 Å². The molecule has 1 aromatic carbocycles. The highest BCUT2D eigenvalue weighted by molar-refractivity contribution is 6.22. The first-order chi connectivity index (χ1) is 12.8. The molecular formula is C18H19F3N2O4. The third-order valence-electron chi connectivity index (χ3n) is 5.37. The van der Waals surface area contributed by atoms with Crippen LogP contribution in [0.2, 0.25) is 0 Å². The van der Waals surface area contributed by atoms with Crippen molar-refractivity contribution in [3.63, 3.8) is 0 Å². The van der Waals surface area contributed by atoms with E-state index in [1.54, 1.807) is 0 Å². The van der Waals surface area contributed by atoms with Gasteiger partial charge >= 0.3 is 6.18 Å². The quantitative estimate of drug-likeness (QED) is 0.732. The van der Waals surface area contributed by atoms with Crippen LogP contribution in [0, 0.1) is 0 Å². The Balaban J connectivity index is 1.50. The van der Waals surface area contributed by atoms with Gasteiger partial charge in [0.2, 0.25) is 5.91 Å². The van der Waals surface area contributed by atoms with Crippen molar-refractivity contribution in [3.8, 4) is 0 Å². The number of amides is 2. The first-order valence-corrected chi connectivity index (χ1v) is 8.85. The molecule has 4 rings (SSSR count). The molecule has 3 aliphatic rings. The van der Waals surface area contributed by atoms with E-state index in [0.717, 1.165) is 17.0 Å². The number of piperidine rings is 1. The first-order valence-electron chi connectivity index (χ1n) is 8.85. The van der Waals surface area contributed by atoms with Gasteiger partial charge in [0.15, 0.2) is 5.79 Å². The molecule has 9 heteroatoms. The maximum absolute atomic E-state index is 12.9. The summed E-state index contributed by atoms with van der Waals surface area (Å²) in [4.78, 5) is 28.0. The summed E-state index contributed by atoms with van der Waals surface area (Å²) >= 11 is 0. The molecule has 0 saturated carbocycles. The zero-order valence-electron chi connectivity index (χ0n) is 14.5. The molecule has 1 spiro atoms. The Morgan fingerprint density at radius 2 is 1.74 bits per heavy atom.